The molecule has 35 heavy (non-hydrogen) atoms. The van der Waals surface area contributed by atoms with E-state index >= 15 is 4.39 Å². The van der Waals surface area contributed by atoms with Gasteiger partial charge in [-0.15, -0.1) is 0 Å². The number of aromatic nitrogens is 1. The van der Waals surface area contributed by atoms with Gasteiger partial charge in [-0.25, -0.2) is 14.2 Å². The van der Waals surface area contributed by atoms with Gasteiger partial charge in [0.15, 0.2) is 0 Å². The Hall–Kier alpha value is -3.20. The van der Waals surface area contributed by atoms with E-state index in [-0.39, 0.29) is 13.0 Å². The van der Waals surface area contributed by atoms with Crippen LogP contribution in [0, 0.1) is 5.82 Å². The van der Waals surface area contributed by atoms with Crippen molar-refractivity contribution in [2.45, 2.75) is 45.1 Å². The van der Waals surface area contributed by atoms with E-state index in [0.29, 0.717) is 23.2 Å². The molecule has 0 saturated carbocycles. The number of rotatable bonds is 10. The Bertz CT molecular complexity index is 1020. The molecule has 1 atom stereocenters. The number of primary amides is 1. The van der Waals surface area contributed by atoms with E-state index in [1.807, 2.05) is 12.1 Å². The zero-order valence-electron chi connectivity index (χ0n) is 20.3. The quantitative estimate of drug-likeness (QED) is 0.517. The maximum absolute atomic E-state index is 15.0. The predicted octanol–water partition coefficient (Wildman–Crippen LogP) is 3.79. The van der Waals surface area contributed by atoms with Gasteiger partial charge in [-0.2, -0.15) is 0 Å². The van der Waals surface area contributed by atoms with Crippen molar-refractivity contribution in [2.75, 3.05) is 49.1 Å². The molecular formula is C26H34FN5O3. The maximum Gasteiger partial charge on any atom is 0.414 e. The third-order valence-electron chi connectivity index (χ3n) is 6.68. The van der Waals surface area contributed by atoms with Crippen LogP contribution in [-0.4, -0.2) is 67.3 Å². The summed E-state index contributed by atoms with van der Waals surface area (Å²) in [6.07, 6.45) is 4.97. The molecule has 2 saturated heterocycles. The van der Waals surface area contributed by atoms with E-state index in [0.717, 1.165) is 38.5 Å². The average molecular weight is 484 g/mol. The van der Waals surface area contributed by atoms with Crippen LogP contribution in [-0.2, 0) is 9.53 Å². The Morgan fingerprint density at radius 1 is 1.17 bits per heavy atom. The number of hydrogen-bond donors (Lipinski definition) is 1. The number of cyclic esters (lactones) is 1. The lowest BCUT2D eigenvalue weighted by Gasteiger charge is -2.35. The van der Waals surface area contributed by atoms with Crippen LogP contribution in [0.3, 0.4) is 0 Å². The summed E-state index contributed by atoms with van der Waals surface area (Å²) in [5, 5.41) is 0. The Morgan fingerprint density at radius 3 is 2.63 bits per heavy atom. The molecule has 2 aromatic rings. The highest BCUT2D eigenvalue weighted by molar-refractivity contribution is 5.90. The van der Waals surface area contributed by atoms with Gasteiger partial charge in [-0.05, 0) is 49.7 Å². The number of carbonyl (C=O) groups is 2. The van der Waals surface area contributed by atoms with Gasteiger partial charge in [-0.3, -0.25) is 14.6 Å². The molecule has 0 radical (unpaired) electrons. The summed E-state index contributed by atoms with van der Waals surface area (Å²) in [6, 6.07) is 8.51. The highest BCUT2D eigenvalue weighted by atomic mass is 19.1. The normalized spacial score (nSPS) is 18.7. The second-order valence-corrected chi connectivity index (χ2v) is 9.23. The third-order valence-corrected chi connectivity index (χ3v) is 6.68. The first-order valence-electron chi connectivity index (χ1n) is 12.4. The predicted molar refractivity (Wildman–Crippen MR) is 134 cm³/mol. The first-order chi connectivity index (χ1) is 16.9. The van der Waals surface area contributed by atoms with Crippen LogP contribution in [0.5, 0.6) is 0 Å². The van der Waals surface area contributed by atoms with E-state index in [4.69, 9.17) is 10.5 Å². The van der Waals surface area contributed by atoms with Gasteiger partial charge < -0.3 is 15.4 Å². The fourth-order valence-corrected chi connectivity index (χ4v) is 4.61. The molecule has 188 valence electrons. The Balaban J connectivity index is 1.36. The van der Waals surface area contributed by atoms with Crippen molar-refractivity contribution in [3.8, 4) is 11.1 Å². The number of amides is 2. The summed E-state index contributed by atoms with van der Waals surface area (Å²) in [7, 11) is 0. The van der Waals surface area contributed by atoms with Crippen molar-refractivity contribution in [3.63, 3.8) is 0 Å². The highest BCUT2D eigenvalue weighted by Crippen LogP contribution is 2.30. The van der Waals surface area contributed by atoms with Crippen LogP contribution in [0.2, 0.25) is 0 Å². The van der Waals surface area contributed by atoms with Crippen LogP contribution in [0.1, 0.15) is 39.0 Å². The molecule has 0 bridgehead atoms. The molecule has 1 unspecified atom stereocenters. The van der Waals surface area contributed by atoms with Gasteiger partial charge in [0.05, 0.1) is 12.2 Å². The van der Waals surface area contributed by atoms with Crippen molar-refractivity contribution in [1.82, 2.24) is 9.88 Å². The number of unbranched alkanes of at least 4 members (excludes halogenated alkanes) is 2. The summed E-state index contributed by atoms with van der Waals surface area (Å²) >= 11 is 0. The van der Waals surface area contributed by atoms with E-state index in [2.05, 4.69) is 21.7 Å². The van der Waals surface area contributed by atoms with E-state index in [9.17, 15) is 9.59 Å². The highest BCUT2D eigenvalue weighted by Gasteiger charge is 2.32. The molecule has 0 spiro atoms. The molecule has 3 heterocycles. The summed E-state index contributed by atoms with van der Waals surface area (Å²) in [5.41, 5.74) is 6.69. The fourth-order valence-electron chi connectivity index (χ4n) is 4.61. The number of piperazine rings is 1. The second-order valence-electron chi connectivity index (χ2n) is 9.23. The second kappa shape index (κ2) is 11.5. The summed E-state index contributed by atoms with van der Waals surface area (Å²) in [5.74, 6) is 0.0196. The molecule has 8 nitrogen and oxygen atoms in total. The Labute approximate surface area is 205 Å². The lowest BCUT2D eigenvalue weighted by Crippen LogP contribution is -2.46. The standard InChI is InChI=1S/C26H34FN5O3/c1-2-3-4-11-30-12-14-31(15-13-30)25-10-5-19(17-29-25)22-8-6-20(16-23(22)27)32-18-21(35-26(32)34)7-9-24(28)33/h5-6,8,10,16-17,21H,2-4,7,9,11-15,18H2,1H3,(H2,28,33). The molecular weight excluding hydrogens is 449 g/mol. The zero-order valence-corrected chi connectivity index (χ0v) is 20.3. The van der Waals surface area contributed by atoms with E-state index in [1.165, 1.54) is 30.2 Å². The molecule has 0 aliphatic carbocycles. The van der Waals surface area contributed by atoms with Crippen LogP contribution in [0.15, 0.2) is 36.5 Å². The van der Waals surface area contributed by atoms with Gasteiger partial charge >= 0.3 is 6.09 Å². The van der Waals surface area contributed by atoms with Crippen LogP contribution in [0.25, 0.3) is 11.1 Å². The minimum absolute atomic E-state index is 0.136. The van der Waals surface area contributed by atoms with Crippen LogP contribution < -0.4 is 15.5 Å². The lowest BCUT2D eigenvalue weighted by atomic mass is 10.1. The minimum atomic E-state index is -0.553. The van der Waals surface area contributed by atoms with Gasteiger partial charge in [0.2, 0.25) is 5.91 Å². The third kappa shape index (κ3) is 6.28. The lowest BCUT2D eigenvalue weighted by molar-refractivity contribution is -0.118. The molecule has 2 amide bonds. The van der Waals surface area contributed by atoms with Crippen molar-refractivity contribution >= 4 is 23.5 Å². The number of halogens is 1. The number of anilines is 2. The van der Waals surface area contributed by atoms with Crippen molar-refractivity contribution in [3.05, 3.63) is 42.3 Å². The van der Waals surface area contributed by atoms with Gasteiger partial charge in [0, 0.05) is 49.9 Å². The zero-order chi connectivity index (χ0) is 24.8. The minimum Gasteiger partial charge on any atom is -0.444 e. The largest absolute Gasteiger partial charge is 0.444 e. The number of pyridine rings is 1. The first-order valence-corrected chi connectivity index (χ1v) is 12.4. The number of benzene rings is 1. The molecule has 2 aliphatic heterocycles. The molecule has 1 aromatic carbocycles. The summed E-state index contributed by atoms with van der Waals surface area (Å²) in [6.45, 7) is 7.58. The van der Waals surface area contributed by atoms with Crippen molar-refractivity contribution < 1.29 is 18.7 Å². The molecule has 9 heteroatoms. The Kier molecular flexibility index (Phi) is 8.17. The molecule has 2 fully saturated rings. The summed E-state index contributed by atoms with van der Waals surface area (Å²) < 4.78 is 20.3. The monoisotopic (exact) mass is 483 g/mol. The molecule has 4 rings (SSSR count). The van der Waals surface area contributed by atoms with Crippen molar-refractivity contribution in [1.29, 1.82) is 0 Å². The van der Waals surface area contributed by atoms with E-state index < -0.39 is 23.9 Å². The molecule has 2 aliphatic rings. The Morgan fingerprint density at radius 2 is 1.97 bits per heavy atom. The van der Waals surface area contributed by atoms with Gasteiger partial charge in [0.1, 0.15) is 17.7 Å². The number of hydrogen-bond acceptors (Lipinski definition) is 6. The van der Waals surface area contributed by atoms with Crippen molar-refractivity contribution in [2.24, 2.45) is 5.73 Å². The number of ether oxygens (including phenoxy) is 1. The maximum atomic E-state index is 15.0. The number of carbonyl (C=O) groups excluding carboxylic acids is 2. The van der Waals surface area contributed by atoms with Crippen LogP contribution in [0.4, 0.5) is 20.7 Å². The summed E-state index contributed by atoms with van der Waals surface area (Å²) in [4.78, 5) is 34.0. The number of nitrogens with zero attached hydrogens (tertiary/aromatic N) is 4. The topological polar surface area (TPSA) is 92.0 Å². The smallest absolute Gasteiger partial charge is 0.414 e. The van der Waals surface area contributed by atoms with Gasteiger partial charge in [-0.1, -0.05) is 19.8 Å². The molecule has 1 aromatic heterocycles. The SMILES string of the molecule is CCCCCN1CCN(c2ccc(-c3ccc(N4CC(CCC(N)=O)OC4=O)cc3F)cn2)CC1. The average Bonchev–Trinajstić information content (AvgIpc) is 3.24. The number of nitrogens with two attached hydrogens (primary N) is 1. The van der Waals surface area contributed by atoms with E-state index in [1.54, 1.807) is 18.3 Å². The van der Waals surface area contributed by atoms with Gasteiger partial charge in [0.25, 0.3) is 0 Å². The fraction of sp³-hybridized carbons (Fsp3) is 0.500. The molecule has 2 N–H and O–H groups in total. The first kappa shape index (κ1) is 24.9. The van der Waals surface area contributed by atoms with Crippen LogP contribution >= 0.6 is 0 Å².